The van der Waals surface area contributed by atoms with E-state index in [2.05, 4.69) is 15.3 Å². The van der Waals surface area contributed by atoms with Gasteiger partial charge >= 0.3 is 0 Å². The van der Waals surface area contributed by atoms with Crippen molar-refractivity contribution < 1.29 is 20.4 Å². The average Bonchev–Trinajstić information content (AvgIpc) is 2.61. The summed E-state index contributed by atoms with van der Waals surface area (Å²) in [7, 11) is 0. The number of anilines is 4. The second-order valence-electron chi connectivity index (χ2n) is 5.92. The average molecular weight is 367 g/mol. The van der Waals surface area contributed by atoms with Gasteiger partial charge in [0.1, 0.15) is 30.3 Å². The van der Waals surface area contributed by atoms with Gasteiger partial charge in [-0.05, 0) is 24.6 Å². The van der Waals surface area contributed by atoms with Gasteiger partial charge in [-0.2, -0.15) is 0 Å². The van der Waals surface area contributed by atoms with Crippen molar-refractivity contribution in [2.24, 2.45) is 0 Å². The van der Waals surface area contributed by atoms with Crippen LogP contribution in [-0.4, -0.2) is 61.9 Å². The first-order valence-corrected chi connectivity index (χ1v) is 8.10. The highest BCUT2D eigenvalue weighted by molar-refractivity contribution is 6.32. The molecule has 8 nitrogen and oxygen atoms in total. The third-order valence-corrected chi connectivity index (χ3v) is 4.54. The number of nitrogens with zero attached hydrogens (tertiary/aromatic N) is 3. The minimum Gasteiger partial charge on any atom is -0.394 e. The van der Waals surface area contributed by atoms with Crippen LogP contribution in [0.15, 0.2) is 24.7 Å². The van der Waals surface area contributed by atoms with Gasteiger partial charge in [-0.25, -0.2) is 9.97 Å². The largest absolute Gasteiger partial charge is 0.394 e. The number of aliphatic hydroxyl groups excluding tert-OH is 4. The molecule has 1 aromatic carbocycles. The van der Waals surface area contributed by atoms with E-state index in [9.17, 15) is 15.3 Å². The molecule has 0 saturated heterocycles. The van der Waals surface area contributed by atoms with Crippen LogP contribution in [-0.2, 0) is 0 Å². The number of rotatable bonds is 5. The van der Waals surface area contributed by atoms with Gasteiger partial charge in [-0.3, -0.25) is 0 Å². The summed E-state index contributed by atoms with van der Waals surface area (Å²) in [5.41, 5.74) is 2.95. The Morgan fingerprint density at radius 1 is 1.20 bits per heavy atom. The highest BCUT2D eigenvalue weighted by Crippen LogP contribution is 2.44. The Bertz CT molecular complexity index is 776. The molecule has 9 heteroatoms. The highest BCUT2D eigenvalue weighted by Gasteiger charge is 2.31. The maximum Gasteiger partial charge on any atom is 0.160 e. The van der Waals surface area contributed by atoms with E-state index < -0.39 is 24.9 Å². The molecule has 0 aliphatic carbocycles. The molecule has 1 aliphatic heterocycles. The van der Waals surface area contributed by atoms with E-state index in [4.69, 9.17) is 16.7 Å². The zero-order chi connectivity index (χ0) is 18.1. The smallest absolute Gasteiger partial charge is 0.160 e. The topological polar surface area (TPSA) is 122 Å². The predicted octanol–water partition coefficient (Wildman–Crippen LogP) is 0.709. The van der Waals surface area contributed by atoms with E-state index in [0.717, 1.165) is 11.3 Å². The molecule has 0 amide bonds. The number of aryl methyl sites for hydroxylation is 1. The number of hydrogen-bond donors (Lipinski definition) is 5. The lowest BCUT2D eigenvalue weighted by Crippen LogP contribution is -2.45. The van der Waals surface area contributed by atoms with E-state index in [1.807, 2.05) is 13.0 Å². The summed E-state index contributed by atoms with van der Waals surface area (Å²) in [5.74, 6) is 0.507. The molecular formula is C16H19ClN4O4. The van der Waals surface area contributed by atoms with Crippen molar-refractivity contribution in [3.63, 3.8) is 0 Å². The predicted molar refractivity (Wildman–Crippen MR) is 93.6 cm³/mol. The van der Waals surface area contributed by atoms with Crippen molar-refractivity contribution in [2.45, 2.75) is 25.2 Å². The summed E-state index contributed by atoms with van der Waals surface area (Å²) >= 11 is 6.24. The Kier molecular flexibility index (Phi) is 5.07. The van der Waals surface area contributed by atoms with Crippen molar-refractivity contribution in [1.29, 1.82) is 0 Å². The monoisotopic (exact) mass is 366 g/mol. The normalized spacial score (nSPS) is 16.5. The van der Waals surface area contributed by atoms with Crippen LogP contribution in [0.5, 0.6) is 0 Å². The van der Waals surface area contributed by atoms with Crippen LogP contribution >= 0.6 is 11.6 Å². The Morgan fingerprint density at radius 3 is 2.68 bits per heavy atom. The molecule has 134 valence electrons. The molecule has 25 heavy (non-hydrogen) atoms. The number of halogens is 1. The number of benzene rings is 1. The third kappa shape index (κ3) is 3.39. The molecular weight excluding hydrogens is 348 g/mol. The van der Waals surface area contributed by atoms with Crippen LogP contribution in [0.2, 0.25) is 5.02 Å². The van der Waals surface area contributed by atoms with Crippen LogP contribution < -0.4 is 10.2 Å². The number of aromatic nitrogens is 2. The van der Waals surface area contributed by atoms with Gasteiger partial charge in [-0.15, -0.1) is 0 Å². The molecule has 0 spiro atoms. The molecule has 0 saturated carbocycles. The second-order valence-corrected chi connectivity index (χ2v) is 6.33. The van der Waals surface area contributed by atoms with E-state index in [1.54, 1.807) is 17.2 Å². The Hall–Kier alpha value is -1.97. The number of nitrogens with one attached hydrogen (secondary N) is 1. The fraction of sp³-hybridized carbons (Fsp3) is 0.375. The van der Waals surface area contributed by atoms with Crippen molar-refractivity contribution in [1.82, 2.24) is 9.97 Å². The minimum atomic E-state index is -1.51. The van der Waals surface area contributed by atoms with Gasteiger partial charge < -0.3 is 30.6 Å². The summed E-state index contributed by atoms with van der Waals surface area (Å²) in [6.07, 6.45) is -1.29. The highest BCUT2D eigenvalue weighted by atomic mass is 35.5. The van der Waals surface area contributed by atoms with Crippen molar-refractivity contribution in [3.05, 3.63) is 35.2 Å². The lowest BCUT2D eigenvalue weighted by molar-refractivity contribution is -0.0726. The Labute approximate surface area is 149 Å². The number of hydrogen-bond acceptors (Lipinski definition) is 8. The zero-order valence-electron chi connectivity index (χ0n) is 13.5. The van der Waals surface area contributed by atoms with Crippen LogP contribution in [0.3, 0.4) is 0 Å². The fourth-order valence-corrected chi connectivity index (χ4v) is 2.88. The van der Waals surface area contributed by atoms with Crippen LogP contribution in [0, 0.1) is 6.92 Å². The van der Waals surface area contributed by atoms with Gasteiger partial charge in [-0.1, -0.05) is 11.6 Å². The van der Waals surface area contributed by atoms with E-state index in [1.165, 1.54) is 6.33 Å². The van der Waals surface area contributed by atoms with E-state index in [-0.39, 0.29) is 6.54 Å². The zero-order valence-corrected chi connectivity index (χ0v) is 14.2. The summed E-state index contributed by atoms with van der Waals surface area (Å²) in [6, 6.07) is 3.61. The first-order valence-electron chi connectivity index (χ1n) is 7.72. The van der Waals surface area contributed by atoms with Gasteiger partial charge in [0.15, 0.2) is 5.82 Å². The molecule has 3 unspecified atom stereocenters. The summed E-state index contributed by atoms with van der Waals surface area (Å²) in [4.78, 5) is 9.91. The van der Waals surface area contributed by atoms with Gasteiger partial charge in [0, 0.05) is 5.02 Å². The van der Waals surface area contributed by atoms with Crippen molar-refractivity contribution >= 4 is 34.5 Å². The number of aliphatic hydroxyl groups is 4. The number of β-amino-alcohol motifs (C(OH)–C–C–N with tert-alkyl or cyclic N) is 1. The molecule has 0 radical (unpaired) electrons. The molecule has 0 fully saturated rings. The van der Waals surface area contributed by atoms with E-state index in [0.29, 0.717) is 22.2 Å². The summed E-state index contributed by atoms with van der Waals surface area (Å²) < 4.78 is 0. The van der Waals surface area contributed by atoms with E-state index >= 15 is 0 Å². The quantitative estimate of drug-likeness (QED) is 0.524. The Balaban J connectivity index is 1.99. The SMILES string of the molecule is Cc1cc2c(cc1Cl)N(CC(O)C(O)C(O)CO)c1ncncc1N2. The maximum atomic E-state index is 10.3. The van der Waals surface area contributed by atoms with Gasteiger partial charge in [0.2, 0.25) is 0 Å². The summed E-state index contributed by atoms with van der Waals surface area (Å²) in [5, 5.41) is 42.5. The number of fused-ring (bicyclic) bond motifs is 2. The molecule has 1 aliphatic rings. The molecule has 3 atom stereocenters. The van der Waals surface area contributed by atoms with Crippen molar-refractivity contribution in [2.75, 3.05) is 23.4 Å². The molecule has 1 aromatic heterocycles. The molecule has 3 rings (SSSR count). The molecule has 5 N–H and O–H groups in total. The summed E-state index contributed by atoms with van der Waals surface area (Å²) in [6.45, 7) is 1.16. The van der Waals surface area contributed by atoms with Crippen molar-refractivity contribution in [3.8, 4) is 0 Å². The second kappa shape index (κ2) is 7.11. The third-order valence-electron chi connectivity index (χ3n) is 4.13. The van der Waals surface area contributed by atoms with Gasteiger partial charge in [0.05, 0.1) is 30.7 Å². The first-order chi connectivity index (χ1) is 11.9. The maximum absolute atomic E-state index is 10.3. The van der Waals surface area contributed by atoms with Crippen LogP contribution in [0.4, 0.5) is 22.9 Å². The van der Waals surface area contributed by atoms with Gasteiger partial charge in [0.25, 0.3) is 0 Å². The van der Waals surface area contributed by atoms with Crippen LogP contribution in [0.25, 0.3) is 0 Å². The molecule has 2 aromatic rings. The fourth-order valence-electron chi connectivity index (χ4n) is 2.72. The lowest BCUT2D eigenvalue weighted by atomic mass is 10.1. The standard InChI is InChI=1S/C16H19ClN4O4/c1-8-2-10-12(3-9(8)17)21(5-13(23)15(25)14(24)6-22)16-11(20-10)4-18-7-19-16/h2-4,7,13-15,20,22-25H,5-6H2,1H3. The molecule has 2 heterocycles. The van der Waals surface area contributed by atoms with Crippen LogP contribution in [0.1, 0.15) is 5.56 Å². The lowest BCUT2D eigenvalue weighted by Gasteiger charge is -2.35. The minimum absolute atomic E-state index is 0.0592. The first kappa shape index (κ1) is 17.8. The Morgan fingerprint density at radius 2 is 1.96 bits per heavy atom. The molecule has 0 bridgehead atoms.